The number of aliphatic carboxylic acids is 1. The number of hydrogen-bond donors (Lipinski definition) is 3. The molecule has 0 bridgehead atoms. The van der Waals surface area contributed by atoms with Crippen molar-refractivity contribution < 1.29 is 14.7 Å². The summed E-state index contributed by atoms with van der Waals surface area (Å²) >= 11 is 0. The van der Waals surface area contributed by atoms with Crippen molar-refractivity contribution in [3.05, 3.63) is 29.8 Å². The van der Waals surface area contributed by atoms with Crippen LogP contribution in [0, 0.1) is 12.8 Å². The lowest BCUT2D eigenvalue weighted by molar-refractivity contribution is -0.142. The zero-order valence-electron chi connectivity index (χ0n) is 12.3. The van der Waals surface area contributed by atoms with Crippen LogP contribution in [-0.2, 0) is 4.79 Å². The Bertz CT molecular complexity index is 516. The second-order valence-corrected chi connectivity index (χ2v) is 5.60. The number of carbonyl (C=O) groups excluding carboxylic acids is 1. The summed E-state index contributed by atoms with van der Waals surface area (Å²) in [5.41, 5.74) is 1.72. The number of anilines is 1. The average molecular weight is 290 g/mol. The molecule has 0 radical (unpaired) electrons. The third-order valence-electron chi connectivity index (χ3n) is 4.04. The molecule has 2 unspecified atom stereocenters. The Labute approximate surface area is 124 Å². The second kappa shape index (κ2) is 7.11. The molecule has 114 valence electrons. The first kappa shape index (κ1) is 15.4. The van der Waals surface area contributed by atoms with Gasteiger partial charge in [-0.15, -0.1) is 0 Å². The topological polar surface area (TPSA) is 78.4 Å². The Morgan fingerprint density at radius 2 is 1.86 bits per heavy atom. The van der Waals surface area contributed by atoms with Crippen molar-refractivity contribution in [2.75, 3.05) is 5.32 Å². The van der Waals surface area contributed by atoms with E-state index < -0.39 is 11.9 Å². The maximum Gasteiger partial charge on any atom is 0.319 e. The van der Waals surface area contributed by atoms with Crippen molar-refractivity contribution in [3.8, 4) is 0 Å². The van der Waals surface area contributed by atoms with Crippen LogP contribution in [0.1, 0.15) is 37.7 Å². The van der Waals surface area contributed by atoms with Crippen molar-refractivity contribution in [1.82, 2.24) is 5.32 Å². The molecule has 2 atom stereocenters. The number of carboxylic acids is 1. The zero-order chi connectivity index (χ0) is 15.2. The van der Waals surface area contributed by atoms with Gasteiger partial charge in [-0.1, -0.05) is 37.5 Å². The van der Waals surface area contributed by atoms with Gasteiger partial charge in [0.2, 0.25) is 0 Å². The maximum absolute atomic E-state index is 12.1. The van der Waals surface area contributed by atoms with E-state index in [0.717, 1.165) is 36.9 Å². The van der Waals surface area contributed by atoms with Crippen LogP contribution in [-0.4, -0.2) is 23.1 Å². The largest absolute Gasteiger partial charge is 0.481 e. The van der Waals surface area contributed by atoms with Crippen molar-refractivity contribution in [1.29, 1.82) is 0 Å². The van der Waals surface area contributed by atoms with Crippen LogP contribution in [0.25, 0.3) is 0 Å². The molecular formula is C16H22N2O3. The zero-order valence-corrected chi connectivity index (χ0v) is 12.3. The maximum atomic E-state index is 12.1. The summed E-state index contributed by atoms with van der Waals surface area (Å²) in [5.74, 6) is -1.31. The third kappa shape index (κ3) is 4.21. The molecule has 5 nitrogen and oxygen atoms in total. The molecule has 1 fully saturated rings. The van der Waals surface area contributed by atoms with Crippen LogP contribution in [0.2, 0.25) is 0 Å². The first-order chi connectivity index (χ1) is 10.1. The van der Waals surface area contributed by atoms with Crippen LogP contribution < -0.4 is 10.6 Å². The van der Waals surface area contributed by atoms with Gasteiger partial charge in [-0.2, -0.15) is 0 Å². The van der Waals surface area contributed by atoms with E-state index in [9.17, 15) is 14.7 Å². The molecule has 1 saturated carbocycles. The fourth-order valence-electron chi connectivity index (χ4n) is 2.82. The van der Waals surface area contributed by atoms with Crippen LogP contribution in [0.5, 0.6) is 0 Å². The molecule has 2 rings (SSSR count). The van der Waals surface area contributed by atoms with E-state index in [1.165, 1.54) is 0 Å². The predicted molar refractivity (Wildman–Crippen MR) is 81.3 cm³/mol. The normalized spacial score (nSPS) is 22.1. The van der Waals surface area contributed by atoms with Gasteiger partial charge in [0.05, 0.1) is 5.92 Å². The van der Waals surface area contributed by atoms with Crippen LogP contribution in [0.15, 0.2) is 24.3 Å². The number of rotatable bonds is 3. The highest BCUT2D eigenvalue weighted by Crippen LogP contribution is 2.24. The van der Waals surface area contributed by atoms with Gasteiger partial charge < -0.3 is 15.7 Å². The van der Waals surface area contributed by atoms with Crippen LogP contribution >= 0.6 is 0 Å². The molecule has 0 aliphatic heterocycles. The molecule has 0 spiro atoms. The fourth-order valence-corrected chi connectivity index (χ4v) is 2.82. The molecule has 2 amide bonds. The number of urea groups is 1. The Morgan fingerprint density at radius 1 is 1.14 bits per heavy atom. The smallest absolute Gasteiger partial charge is 0.319 e. The minimum absolute atomic E-state index is 0.297. The van der Waals surface area contributed by atoms with Gasteiger partial charge in [0.1, 0.15) is 0 Å². The van der Waals surface area contributed by atoms with Crippen molar-refractivity contribution >= 4 is 17.7 Å². The molecule has 21 heavy (non-hydrogen) atoms. The highest BCUT2D eigenvalue weighted by atomic mass is 16.4. The van der Waals surface area contributed by atoms with Gasteiger partial charge in [0, 0.05) is 11.7 Å². The molecule has 1 aliphatic carbocycles. The first-order valence-corrected chi connectivity index (χ1v) is 7.44. The average Bonchev–Trinajstić information content (AvgIpc) is 2.67. The SMILES string of the molecule is Cc1ccccc1NC(=O)NC1CCCCCC1C(=O)O. The van der Waals surface area contributed by atoms with Gasteiger partial charge in [0.15, 0.2) is 0 Å². The summed E-state index contributed by atoms with van der Waals surface area (Å²) in [6.07, 6.45) is 4.25. The third-order valence-corrected chi connectivity index (χ3v) is 4.04. The Balaban J connectivity index is 2.00. The summed E-state index contributed by atoms with van der Waals surface area (Å²) < 4.78 is 0. The highest BCUT2D eigenvalue weighted by Gasteiger charge is 2.30. The van der Waals surface area contributed by atoms with Crippen LogP contribution in [0.3, 0.4) is 0 Å². The van der Waals surface area contributed by atoms with E-state index in [1.807, 2.05) is 31.2 Å². The molecule has 1 aliphatic rings. The first-order valence-electron chi connectivity index (χ1n) is 7.44. The van der Waals surface area contributed by atoms with Gasteiger partial charge in [-0.25, -0.2) is 4.79 Å². The summed E-state index contributed by atoms with van der Waals surface area (Å²) in [6, 6.07) is 6.88. The van der Waals surface area contributed by atoms with Crippen LogP contribution in [0.4, 0.5) is 10.5 Å². The second-order valence-electron chi connectivity index (χ2n) is 5.60. The molecule has 1 aromatic carbocycles. The lowest BCUT2D eigenvalue weighted by Gasteiger charge is -2.23. The monoisotopic (exact) mass is 290 g/mol. The molecule has 5 heteroatoms. The van der Waals surface area contributed by atoms with E-state index in [0.29, 0.717) is 6.42 Å². The number of para-hydroxylation sites is 1. The highest BCUT2D eigenvalue weighted by molar-refractivity contribution is 5.90. The van der Waals surface area contributed by atoms with E-state index in [4.69, 9.17) is 0 Å². The molecule has 0 heterocycles. The van der Waals surface area contributed by atoms with Crippen molar-refractivity contribution in [2.45, 2.75) is 45.1 Å². The van der Waals surface area contributed by atoms with Gasteiger partial charge in [-0.05, 0) is 31.4 Å². The molecule has 0 aromatic heterocycles. The lowest BCUT2D eigenvalue weighted by atomic mass is 9.95. The number of nitrogens with one attached hydrogen (secondary N) is 2. The van der Waals surface area contributed by atoms with Crippen molar-refractivity contribution in [2.24, 2.45) is 5.92 Å². The summed E-state index contributed by atoms with van der Waals surface area (Å²) in [6.45, 7) is 1.92. The Morgan fingerprint density at radius 3 is 2.57 bits per heavy atom. The molecule has 3 N–H and O–H groups in total. The van der Waals surface area contributed by atoms with Gasteiger partial charge >= 0.3 is 12.0 Å². The number of aryl methyl sites for hydroxylation is 1. The van der Waals surface area contributed by atoms with Gasteiger partial charge in [-0.3, -0.25) is 4.79 Å². The number of amides is 2. The lowest BCUT2D eigenvalue weighted by Crippen LogP contribution is -2.44. The van der Waals surface area contributed by atoms with E-state index in [-0.39, 0.29) is 12.1 Å². The molecular weight excluding hydrogens is 268 g/mol. The fraction of sp³-hybridized carbons (Fsp3) is 0.500. The van der Waals surface area contributed by atoms with E-state index >= 15 is 0 Å². The Hall–Kier alpha value is -2.04. The Kier molecular flexibility index (Phi) is 5.20. The standard InChI is InChI=1S/C16H22N2O3/c1-11-7-5-6-9-13(11)17-16(21)18-14-10-4-2-3-8-12(14)15(19)20/h5-7,9,12,14H,2-4,8,10H2,1H3,(H,19,20)(H2,17,18,21). The summed E-state index contributed by atoms with van der Waals surface area (Å²) in [7, 11) is 0. The summed E-state index contributed by atoms with van der Waals surface area (Å²) in [4.78, 5) is 23.4. The molecule has 1 aromatic rings. The van der Waals surface area contributed by atoms with E-state index in [2.05, 4.69) is 10.6 Å². The minimum atomic E-state index is -0.821. The number of carboxylic acid groups (broad SMARTS) is 1. The molecule has 0 saturated heterocycles. The minimum Gasteiger partial charge on any atom is -0.481 e. The number of benzene rings is 1. The van der Waals surface area contributed by atoms with Crippen molar-refractivity contribution in [3.63, 3.8) is 0 Å². The number of carbonyl (C=O) groups is 2. The van der Waals surface area contributed by atoms with E-state index in [1.54, 1.807) is 0 Å². The predicted octanol–water partition coefficient (Wildman–Crippen LogP) is 3.15. The number of hydrogen-bond acceptors (Lipinski definition) is 2. The quantitative estimate of drug-likeness (QED) is 0.748. The summed E-state index contributed by atoms with van der Waals surface area (Å²) in [5, 5.41) is 14.9. The van der Waals surface area contributed by atoms with Gasteiger partial charge in [0.25, 0.3) is 0 Å².